The summed E-state index contributed by atoms with van der Waals surface area (Å²) in [5, 5.41) is 3.59. The number of pyridine rings is 1. The molecule has 0 atom stereocenters. The van der Waals surface area contributed by atoms with Gasteiger partial charge in [0.2, 0.25) is 5.91 Å². The molecule has 0 aliphatic carbocycles. The molecule has 1 amide bonds. The van der Waals surface area contributed by atoms with Gasteiger partial charge in [-0.25, -0.2) is 4.98 Å². The lowest BCUT2D eigenvalue weighted by Crippen LogP contribution is -2.07. The number of rotatable bonds is 2. The summed E-state index contributed by atoms with van der Waals surface area (Å²) < 4.78 is 4.18. The number of fused-ring (bicyclic) bond motifs is 1. The fraction of sp³-hybridized carbons (Fsp3) is 0.182. The van der Waals surface area contributed by atoms with Crippen LogP contribution in [-0.2, 0) is 4.79 Å². The monoisotopic (exact) mass is 233 g/mol. The zero-order valence-corrected chi connectivity index (χ0v) is 9.89. The van der Waals surface area contributed by atoms with Crippen molar-refractivity contribution in [3.8, 4) is 0 Å². The Morgan fingerprint density at radius 2 is 2.31 bits per heavy atom. The number of anilines is 1. The Kier molecular flexibility index (Phi) is 2.70. The van der Waals surface area contributed by atoms with Crippen molar-refractivity contribution >= 4 is 33.5 Å². The lowest BCUT2D eigenvalue weighted by atomic mass is 10.2. The van der Waals surface area contributed by atoms with Crippen LogP contribution in [0.1, 0.15) is 11.3 Å². The van der Waals surface area contributed by atoms with Crippen molar-refractivity contribution < 1.29 is 4.79 Å². The molecule has 0 fully saturated rings. The SMILES string of the molecule is C=CC(=O)Nc1nsc2nc(C)cc(C)c12. The standard InChI is InChI=1S/C11H11N3OS/c1-4-8(15)13-10-9-6(2)5-7(3)12-11(9)16-14-10/h4-5H,1H2,2-3H3,(H,13,14,15). The van der Waals surface area contributed by atoms with Crippen LogP contribution >= 0.6 is 11.5 Å². The van der Waals surface area contributed by atoms with Crippen molar-refractivity contribution in [2.24, 2.45) is 0 Å². The third-order valence-electron chi connectivity index (χ3n) is 2.20. The predicted molar refractivity (Wildman–Crippen MR) is 65.7 cm³/mol. The Morgan fingerprint density at radius 3 is 3.00 bits per heavy atom. The van der Waals surface area contributed by atoms with Gasteiger partial charge in [-0.15, -0.1) is 0 Å². The van der Waals surface area contributed by atoms with Gasteiger partial charge in [-0.2, -0.15) is 4.37 Å². The van der Waals surface area contributed by atoms with Crippen LogP contribution in [0.3, 0.4) is 0 Å². The minimum atomic E-state index is -0.257. The Hall–Kier alpha value is -1.75. The molecular formula is C11H11N3OS. The second-order valence-electron chi connectivity index (χ2n) is 3.49. The summed E-state index contributed by atoms with van der Waals surface area (Å²) >= 11 is 1.28. The van der Waals surface area contributed by atoms with Crippen molar-refractivity contribution in [1.82, 2.24) is 9.36 Å². The van der Waals surface area contributed by atoms with Crippen LogP contribution in [0.4, 0.5) is 5.82 Å². The van der Waals surface area contributed by atoms with E-state index in [1.54, 1.807) is 0 Å². The molecule has 0 radical (unpaired) electrons. The minimum Gasteiger partial charge on any atom is -0.306 e. The summed E-state index contributed by atoms with van der Waals surface area (Å²) in [6.45, 7) is 7.33. The summed E-state index contributed by atoms with van der Waals surface area (Å²) in [6.07, 6.45) is 1.22. The van der Waals surface area contributed by atoms with Crippen molar-refractivity contribution in [3.63, 3.8) is 0 Å². The first-order chi connectivity index (χ1) is 7.61. The number of carbonyl (C=O) groups excluding carboxylic acids is 1. The van der Waals surface area contributed by atoms with Crippen LogP contribution in [0, 0.1) is 13.8 Å². The lowest BCUT2D eigenvalue weighted by Gasteiger charge is -2.01. The van der Waals surface area contributed by atoms with E-state index < -0.39 is 0 Å². The first-order valence-electron chi connectivity index (χ1n) is 4.79. The highest BCUT2D eigenvalue weighted by Crippen LogP contribution is 2.28. The minimum absolute atomic E-state index is 0.257. The van der Waals surface area contributed by atoms with Gasteiger partial charge in [-0.05, 0) is 43.1 Å². The average Bonchev–Trinajstić information content (AvgIpc) is 2.61. The second-order valence-corrected chi connectivity index (χ2v) is 4.24. The van der Waals surface area contributed by atoms with Gasteiger partial charge in [-0.3, -0.25) is 4.79 Å². The summed E-state index contributed by atoms with van der Waals surface area (Å²) in [5.41, 5.74) is 2.02. The molecule has 2 aromatic heterocycles. The van der Waals surface area contributed by atoms with Gasteiger partial charge in [0.25, 0.3) is 0 Å². The molecule has 0 saturated carbocycles. The zero-order chi connectivity index (χ0) is 11.7. The Balaban J connectivity index is 2.56. The van der Waals surface area contributed by atoms with E-state index in [1.165, 1.54) is 17.6 Å². The van der Waals surface area contributed by atoms with Crippen LogP contribution in [0.25, 0.3) is 10.2 Å². The topological polar surface area (TPSA) is 54.9 Å². The van der Waals surface area contributed by atoms with E-state index in [0.717, 1.165) is 21.5 Å². The third-order valence-corrected chi connectivity index (χ3v) is 2.94. The highest BCUT2D eigenvalue weighted by molar-refractivity contribution is 7.13. The zero-order valence-electron chi connectivity index (χ0n) is 9.07. The van der Waals surface area contributed by atoms with E-state index in [9.17, 15) is 4.79 Å². The normalized spacial score (nSPS) is 10.4. The molecule has 2 rings (SSSR count). The number of hydrogen-bond acceptors (Lipinski definition) is 4. The molecule has 5 heteroatoms. The van der Waals surface area contributed by atoms with Crippen molar-refractivity contribution in [3.05, 3.63) is 30.0 Å². The highest BCUT2D eigenvalue weighted by Gasteiger charge is 2.11. The number of nitrogens with one attached hydrogen (secondary N) is 1. The number of hydrogen-bond donors (Lipinski definition) is 1. The van der Waals surface area contributed by atoms with Gasteiger partial charge in [0, 0.05) is 5.69 Å². The molecular weight excluding hydrogens is 222 g/mol. The van der Waals surface area contributed by atoms with Crippen LogP contribution in [0.5, 0.6) is 0 Å². The summed E-state index contributed by atoms with van der Waals surface area (Å²) in [6, 6.07) is 1.97. The highest BCUT2D eigenvalue weighted by atomic mass is 32.1. The maximum Gasteiger partial charge on any atom is 0.248 e. The van der Waals surface area contributed by atoms with E-state index >= 15 is 0 Å². The Bertz CT molecular complexity index is 574. The smallest absolute Gasteiger partial charge is 0.248 e. The summed E-state index contributed by atoms with van der Waals surface area (Å²) in [7, 11) is 0. The molecule has 16 heavy (non-hydrogen) atoms. The Morgan fingerprint density at radius 1 is 1.56 bits per heavy atom. The average molecular weight is 233 g/mol. The van der Waals surface area contributed by atoms with Crippen LogP contribution < -0.4 is 5.32 Å². The van der Waals surface area contributed by atoms with Gasteiger partial charge in [0.1, 0.15) is 4.83 Å². The Labute approximate surface area is 97.2 Å². The fourth-order valence-corrected chi connectivity index (χ4v) is 2.39. The number of aromatic nitrogens is 2. The number of nitrogens with zero attached hydrogens (tertiary/aromatic N) is 2. The number of amides is 1. The molecule has 2 heterocycles. The maximum atomic E-state index is 11.2. The molecule has 4 nitrogen and oxygen atoms in total. The van der Waals surface area contributed by atoms with Crippen molar-refractivity contribution in [2.45, 2.75) is 13.8 Å². The van der Waals surface area contributed by atoms with Gasteiger partial charge >= 0.3 is 0 Å². The van der Waals surface area contributed by atoms with Crippen molar-refractivity contribution in [2.75, 3.05) is 5.32 Å². The molecule has 0 saturated heterocycles. The molecule has 0 unspecified atom stereocenters. The molecule has 0 bridgehead atoms. The molecule has 0 aliphatic heterocycles. The summed E-state index contributed by atoms with van der Waals surface area (Å²) in [5.74, 6) is 0.307. The van der Waals surface area contributed by atoms with Gasteiger partial charge in [0.15, 0.2) is 5.82 Å². The molecule has 82 valence electrons. The van der Waals surface area contributed by atoms with Crippen LogP contribution in [-0.4, -0.2) is 15.3 Å². The van der Waals surface area contributed by atoms with E-state index in [0.29, 0.717) is 5.82 Å². The molecule has 1 N–H and O–H groups in total. The van der Waals surface area contributed by atoms with E-state index in [-0.39, 0.29) is 5.91 Å². The van der Waals surface area contributed by atoms with E-state index in [1.807, 2.05) is 19.9 Å². The number of aryl methyl sites for hydroxylation is 2. The molecule has 0 aliphatic rings. The second kappa shape index (κ2) is 4.02. The van der Waals surface area contributed by atoms with Crippen molar-refractivity contribution in [1.29, 1.82) is 0 Å². The number of carbonyl (C=O) groups is 1. The predicted octanol–water partition coefficient (Wildman–Crippen LogP) is 2.43. The largest absolute Gasteiger partial charge is 0.306 e. The van der Waals surface area contributed by atoms with Gasteiger partial charge in [0.05, 0.1) is 5.39 Å². The molecule has 2 aromatic rings. The first-order valence-corrected chi connectivity index (χ1v) is 5.56. The molecule has 0 spiro atoms. The van der Waals surface area contributed by atoms with Gasteiger partial charge < -0.3 is 5.32 Å². The fourth-order valence-electron chi connectivity index (χ4n) is 1.54. The van der Waals surface area contributed by atoms with E-state index in [4.69, 9.17) is 0 Å². The van der Waals surface area contributed by atoms with Gasteiger partial charge in [-0.1, -0.05) is 6.58 Å². The van der Waals surface area contributed by atoms with Crippen LogP contribution in [0.15, 0.2) is 18.7 Å². The summed E-state index contributed by atoms with van der Waals surface area (Å²) in [4.78, 5) is 16.4. The quantitative estimate of drug-likeness (QED) is 0.810. The first kappa shape index (κ1) is 10.8. The lowest BCUT2D eigenvalue weighted by molar-refractivity contribution is -0.111. The maximum absolute atomic E-state index is 11.2. The third kappa shape index (κ3) is 1.81. The van der Waals surface area contributed by atoms with E-state index in [2.05, 4.69) is 21.3 Å². The molecule has 0 aromatic carbocycles. The van der Waals surface area contributed by atoms with Crippen LogP contribution in [0.2, 0.25) is 0 Å².